The standard InChI is InChI=1S/C23H20BrN3O5/c1-30-14-9-10-17(16(24)11-14)27-20(23(29)32-3)19(22(28)31-2)18(15(12-25)21(27)26)13-7-5-4-6-8-13/h4-11,18H,26H2,1-3H3. The highest BCUT2D eigenvalue weighted by Crippen LogP contribution is 2.45. The molecule has 8 nitrogen and oxygen atoms in total. The summed E-state index contributed by atoms with van der Waals surface area (Å²) < 4.78 is 15.8. The van der Waals surface area contributed by atoms with Gasteiger partial charge >= 0.3 is 11.9 Å². The van der Waals surface area contributed by atoms with Crippen LogP contribution >= 0.6 is 15.9 Å². The molecule has 0 fully saturated rings. The molecule has 1 aliphatic rings. The molecule has 2 N–H and O–H groups in total. The van der Waals surface area contributed by atoms with E-state index in [1.54, 1.807) is 48.5 Å². The van der Waals surface area contributed by atoms with E-state index >= 15 is 0 Å². The Hall–Kier alpha value is -3.77. The highest BCUT2D eigenvalue weighted by atomic mass is 79.9. The van der Waals surface area contributed by atoms with Crippen LogP contribution in [0.4, 0.5) is 5.69 Å². The van der Waals surface area contributed by atoms with Gasteiger partial charge in [0.2, 0.25) is 0 Å². The van der Waals surface area contributed by atoms with Gasteiger partial charge in [-0.3, -0.25) is 4.90 Å². The predicted octanol–water partition coefficient (Wildman–Crippen LogP) is 3.36. The van der Waals surface area contributed by atoms with Gasteiger partial charge in [-0.25, -0.2) is 9.59 Å². The summed E-state index contributed by atoms with van der Waals surface area (Å²) in [6.07, 6.45) is 0. The first kappa shape index (κ1) is 22.9. The molecule has 0 saturated heterocycles. The molecule has 9 heteroatoms. The summed E-state index contributed by atoms with van der Waals surface area (Å²) in [6, 6.07) is 15.9. The first-order valence-electron chi connectivity index (χ1n) is 9.38. The summed E-state index contributed by atoms with van der Waals surface area (Å²) in [4.78, 5) is 27.3. The van der Waals surface area contributed by atoms with Gasteiger partial charge in [0.25, 0.3) is 0 Å². The Morgan fingerprint density at radius 1 is 1.06 bits per heavy atom. The van der Waals surface area contributed by atoms with Crippen LogP contribution in [0.5, 0.6) is 5.75 Å². The summed E-state index contributed by atoms with van der Waals surface area (Å²) >= 11 is 3.45. The summed E-state index contributed by atoms with van der Waals surface area (Å²) in [5.74, 6) is -1.97. The van der Waals surface area contributed by atoms with Gasteiger partial charge in [-0.15, -0.1) is 0 Å². The number of halogens is 1. The van der Waals surface area contributed by atoms with Crippen LogP contribution in [0.25, 0.3) is 0 Å². The van der Waals surface area contributed by atoms with Crippen LogP contribution in [0.1, 0.15) is 11.5 Å². The van der Waals surface area contributed by atoms with Crippen molar-refractivity contribution in [1.29, 1.82) is 5.26 Å². The Balaban J connectivity index is 2.41. The number of nitrogens with zero attached hydrogens (tertiary/aromatic N) is 2. The molecule has 3 rings (SSSR count). The number of allylic oxidation sites excluding steroid dienone is 1. The lowest BCUT2D eigenvalue weighted by Gasteiger charge is -2.36. The minimum atomic E-state index is -0.920. The van der Waals surface area contributed by atoms with E-state index in [9.17, 15) is 14.9 Å². The fourth-order valence-corrected chi connectivity index (χ4v) is 4.09. The van der Waals surface area contributed by atoms with Gasteiger partial charge in [0, 0.05) is 4.47 Å². The third-order valence-electron chi connectivity index (χ3n) is 5.01. The number of esters is 2. The molecule has 0 aromatic heterocycles. The second-order valence-electron chi connectivity index (χ2n) is 6.65. The number of ether oxygens (including phenoxy) is 3. The Bertz CT molecular complexity index is 1170. The first-order valence-corrected chi connectivity index (χ1v) is 10.2. The van der Waals surface area contributed by atoms with Crippen LogP contribution in [-0.4, -0.2) is 33.3 Å². The maximum atomic E-state index is 13.0. The number of methoxy groups -OCH3 is 3. The van der Waals surface area contributed by atoms with Gasteiger partial charge < -0.3 is 19.9 Å². The average molecular weight is 498 g/mol. The topological polar surface area (TPSA) is 115 Å². The molecule has 0 aliphatic carbocycles. The minimum Gasteiger partial charge on any atom is -0.497 e. The van der Waals surface area contributed by atoms with Crippen molar-refractivity contribution in [3.05, 3.63) is 81.2 Å². The molecule has 0 amide bonds. The number of benzene rings is 2. The lowest BCUT2D eigenvalue weighted by Crippen LogP contribution is -2.40. The molecular formula is C23H20BrN3O5. The third kappa shape index (κ3) is 3.92. The lowest BCUT2D eigenvalue weighted by atomic mass is 9.81. The van der Waals surface area contributed by atoms with E-state index in [2.05, 4.69) is 22.0 Å². The molecule has 2 aromatic carbocycles. The highest BCUT2D eigenvalue weighted by Gasteiger charge is 2.43. The van der Waals surface area contributed by atoms with Crippen molar-refractivity contribution >= 4 is 33.6 Å². The SMILES string of the molecule is COC(=O)C1=C(C(=O)OC)N(c2ccc(OC)cc2Br)C(N)=C(C#N)C1c1ccccc1. The summed E-state index contributed by atoms with van der Waals surface area (Å²) in [6.45, 7) is 0. The van der Waals surface area contributed by atoms with Crippen LogP contribution in [0.2, 0.25) is 0 Å². The van der Waals surface area contributed by atoms with Crippen LogP contribution in [0.3, 0.4) is 0 Å². The second-order valence-corrected chi connectivity index (χ2v) is 7.51. The molecule has 0 spiro atoms. The number of hydrogen-bond acceptors (Lipinski definition) is 8. The fraction of sp³-hybridized carbons (Fsp3) is 0.174. The molecule has 32 heavy (non-hydrogen) atoms. The van der Waals surface area contributed by atoms with Gasteiger partial charge in [-0.1, -0.05) is 30.3 Å². The Kier molecular flexibility index (Phi) is 6.85. The number of carbonyl (C=O) groups is 2. The number of hydrogen-bond donors (Lipinski definition) is 1. The number of carbonyl (C=O) groups excluding carboxylic acids is 2. The maximum Gasteiger partial charge on any atom is 0.355 e. The molecule has 1 aliphatic heterocycles. The zero-order chi connectivity index (χ0) is 23.4. The minimum absolute atomic E-state index is 0.0136. The molecule has 0 bridgehead atoms. The van der Waals surface area contributed by atoms with E-state index in [4.69, 9.17) is 19.9 Å². The monoisotopic (exact) mass is 497 g/mol. The maximum absolute atomic E-state index is 13.0. The number of anilines is 1. The van der Waals surface area contributed by atoms with E-state index in [0.717, 1.165) is 0 Å². The molecule has 0 saturated carbocycles. The Labute approximate surface area is 193 Å². The van der Waals surface area contributed by atoms with Crippen molar-refractivity contribution in [2.24, 2.45) is 5.73 Å². The highest BCUT2D eigenvalue weighted by molar-refractivity contribution is 9.10. The van der Waals surface area contributed by atoms with E-state index in [-0.39, 0.29) is 22.7 Å². The molecule has 1 atom stereocenters. The van der Waals surface area contributed by atoms with Gasteiger partial charge in [-0.05, 0) is 39.7 Å². The van der Waals surface area contributed by atoms with Crippen LogP contribution in [-0.2, 0) is 19.1 Å². The first-order chi connectivity index (χ1) is 15.4. The van der Waals surface area contributed by atoms with Crippen molar-refractivity contribution in [2.75, 3.05) is 26.2 Å². The number of nitrogens with two attached hydrogens (primary N) is 1. The van der Waals surface area contributed by atoms with E-state index < -0.39 is 17.9 Å². The fourth-order valence-electron chi connectivity index (χ4n) is 3.56. The Morgan fingerprint density at radius 3 is 2.25 bits per heavy atom. The zero-order valence-corrected chi connectivity index (χ0v) is 19.2. The summed E-state index contributed by atoms with van der Waals surface area (Å²) in [5, 5.41) is 10.0. The van der Waals surface area contributed by atoms with Gasteiger partial charge in [0.05, 0.1) is 50.2 Å². The summed E-state index contributed by atoms with van der Waals surface area (Å²) in [5.41, 5.74) is 7.35. The molecule has 1 unspecified atom stereocenters. The predicted molar refractivity (Wildman–Crippen MR) is 120 cm³/mol. The van der Waals surface area contributed by atoms with Crippen molar-refractivity contribution in [2.45, 2.75) is 5.92 Å². The van der Waals surface area contributed by atoms with Crippen LogP contribution in [0, 0.1) is 11.3 Å². The molecule has 164 valence electrons. The normalized spacial score (nSPS) is 15.8. The molecule has 2 aromatic rings. The zero-order valence-electron chi connectivity index (χ0n) is 17.6. The molecular weight excluding hydrogens is 478 g/mol. The van der Waals surface area contributed by atoms with Gasteiger partial charge in [0.1, 0.15) is 17.3 Å². The van der Waals surface area contributed by atoms with Gasteiger partial charge in [0.15, 0.2) is 0 Å². The van der Waals surface area contributed by atoms with Crippen molar-refractivity contribution < 1.29 is 23.8 Å². The van der Waals surface area contributed by atoms with Crippen LogP contribution < -0.4 is 15.4 Å². The Morgan fingerprint density at radius 2 is 1.72 bits per heavy atom. The lowest BCUT2D eigenvalue weighted by molar-refractivity contribution is -0.139. The van der Waals surface area contributed by atoms with Crippen LogP contribution in [0.15, 0.2) is 75.7 Å². The van der Waals surface area contributed by atoms with Crippen molar-refractivity contribution in [3.63, 3.8) is 0 Å². The number of nitriles is 1. The third-order valence-corrected chi connectivity index (χ3v) is 5.64. The largest absolute Gasteiger partial charge is 0.497 e. The summed E-state index contributed by atoms with van der Waals surface area (Å²) in [7, 11) is 3.92. The van der Waals surface area contributed by atoms with Gasteiger partial charge in [-0.2, -0.15) is 5.26 Å². The smallest absolute Gasteiger partial charge is 0.355 e. The van der Waals surface area contributed by atoms with E-state index in [1.165, 1.54) is 26.2 Å². The van der Waals surface area contributed by atoms with E-state index in [1.807, 2.05) is 0 Å². The quantitative estimate of drug-likeness (QED) is 0.625. The second kappa shape index (κ2) is 9.58. The van der Waals surface area contributed by atoms with E-state index in [0.29, 0.717) is 21.5 Å². The molecule has 0 radical (unpaired) electrons. The van der Waals surface area contributed by atoms with Crippen molar-refractivity contribution in [1.82, 2.24) is 0 Å². The molecule has 1 heterocycles. The average Bonchev–Trinajstić information content (AvgIpc) is 2.82. The van der Waals surface area contributed by atoms with Crippen molar-refractivity contribution in [3.8, 4) is 11.8 Å². The number of rotatable bonds is 5.